The van der Waals surface area contributed by atoms with E-state index < -0.39 is 16.2 Å². The van der Waals surface area contributed by atoms with E-state index in [-0.39, 0.29) is 0 Å². The second-order valence-electron chi connectivity index (χ2n) is 6.73. The predicted octanol–water partition coefficient (Wildman–Crippen LogP) is 6.23. The molecular formula is C17H32Cl2O2. The Bertz CT molecular complexity index is 282. The molecule has 21 heavy (non-hydrogen) atoms. The van der Waals surface area contributed by atoms with Gasteiger partial charge in [0.1, 0.15) is 10.4 Å². The summed E-state index contributed by atoms with van der Waals surface area (Å²) in [6, 6.07) is 0. The third-order valence-electron chi connectivity index (χ3n) is 4.21. The summed E-state index contributed by atoms with van der Waals surface area (Å²) in [5.41, 5.74) is -0.520. The van der Waals surface area contributed by atoms with Crippen molar-refractivity contribution in [2.45, 2.75) is 101 Å². The van der Waals surface area contributed by atoms with E-state index in [0.717, 1.165) is 12.8 Å². The Labute approximate surface area is 140 Å². The Morgan fingerprint density at radius 1 is 0.905 bits per heavy atom. The first-order valence-electron chi connectivity index (χ1n) is 8.54. The van der Waals surface area contributed by atoms with Crippen LogP contribution in [0.2, 0.25) is 0 Å². The van der Waals surface area contributed by atoms with Gasteiger partial charge in [-0.25, -0.2) is 0 Å². The fourth-order valence-corrected chi connectivity index (χ4v) is 3.35. The zero-order chi connectivity index (χ0) is 15.8. The lowest BCUT2D eigenvalue weighted by Crippen LogP contribution is -2.40. The van der Waals surface area contributed by atoms with Crippen LogP contribution in [0.3, 0.4) is 0 Å². The lowest BCUT2D eigenvalue weighted by Gasteiger charge is -2.30. The standard InChI is InChI=1S/C17H32Cl2O2/c1-4-5-6-7-8-9-10-11-12-13-17(15(18)19)14-20-16(2,3)21-17/h15H,4-14H2,1-3H3. The molecule has 1 heterocycles. The van der Waals surface area contributed by atoms with Crippen LogP contribution in [0.4, 0.5) is 0 Å². The summed E-state index contributed by atoms with van der Waals surface area (Å²) in [5.74, 6) is -0.568. The molecule has 1 aliphatic rings. The Morgan fingerprint density at radius 3 is 1.86 bits per heavy atom. The first-order chi connectivity index (χ1) is 9.92. The first kappa shape index (κ1) is 19.5. The van der Waals surface area contributed by atoms with Crippen LogP contribution >= 0.6 is 23.2 Å². The van der Waals surface area contributed by atoms with Crippen LogP contribution in [-0.4, -0.2) is 22.8 Å². The van der Waals surface area contributed by atoms with Crippen molar-refractivity contribution in [2.24, 2.45) is 0 Å². The molecule has 0 aromatic heterocycles. The number of halogens is 2. The van der Waals surface area contributed by atoms with Crippen molar-refractivity contribution < 1.29 is 9.47 Å². The Kier molecular flexibility index (Phi) is 8.93. The third-order valence-corrected chi connectivity index (χ3v) is 5.01. The molecule has 1 unspecified atom stereocenters. The summed E-state index contributed by atoms with van der Waals surface area (Å²) < 4.78 is 11.6. The fraction of sp³-hybridized carbons (Fsp3) is 1.00. The molecule has 0 saturated carbocycles. The summed E-state index contributed by atoms with van der Waals surface area (Å²) in [6.07, 6.45) is 12.7. The second kappa shape index (κ2) is 9.60. The van der Waals surface area contributed by atoms with Gasteiger partial charge in [0.15, 0.2) is 5.79 Å². The average molecular weight is 339 g/mol. The summed E-state index contributed by atoms with van der Waals surface area (Å²) >= 11 is 12.3. The van der Waals surface area contributed by atoms with Gasteiger partial charge in [0.2, 0.25) is 0 Å². The van der Waals surface area contributed by atoms with Gasteiger partial charge in [-0.05, 0) is 20.3 Å². The van der Waals surface area contributed by atoms with E-state index in [1.54, 1.807) is 0 Å². The molecule has 0 aliphatic carbocycles. The van der Waals surface area contributed by atoms with Crippen molar-refractivity contribution in [1.82, 2.24) is 0 Å². The molecule has 2 nitrogen and oxygen atoms in total. The van der Waals surface area contributed by atoms with Crippen molar-refractivity contribution in [1.29, 1.82) is 0 Å². The van der Waals surface area contributed by atoms with Crippen LogP contribution in [0.1, 0.15) is 85.0 Å². The van der Waals surface area contributed by atoms with E-state index in [1.165, 1.54) is 51.4 Å². The van der Waals surface area contributed by atoms with Gasteiger partial charge in [-0.2, -0.15) is 0 Å². The van der Waals surface area contributed by atoms with Crippen LogP contribution < -0.4 is 0 Å². The number of ether oxygens (including phenoxy) is 2. The normalized spacial score (nSPS) is 24.9. The highest BCUT2D eigenvalue weighted by atomic mass is 35.5. The van der Waals surface area contributed by atoms with E-state index in [0.29, 0.717) is 6.61 Å². The SMILES string of the molecule is CCCCCCCCCCCC1(C(Cl)Cl)COC(C)(C)O1. The molecule has 1 aliphatic heterocycles. The fourth-order valence-electron chi connectivity index (χ4n) is 2.92. The second-order valence-corrected chi connectivity index (χ2v) is 7.83. The van der Waals surface area contributed by atoms with Crippen molar-refractivity contribution in [2.75, 3.05) is 6.61 Å². The smallest absolute Gasteiger partial charge is 0.163 e. The van der Waals surface area contributed by atoms with Crippen LogP contribution in [-0.2, 0) is 9.47 Å². The van der Waals surface area contributed by atoms with Crippen molar-refractivity contribution >= 4 is 23.2 Å². The zero-order valence-corrected chi connectivity index (χ0v) is 15.4. The monoisotopic (exact) mass is 338 g/mol. The van der Waals surface area contributed by atoms with E-state index in [4.69, 9.17) is 32.7 Å². The van der Waals surface area contributed by atoms with E-state index >= 15 is 0 Å². The molecule has 126 valence electrons. The molecule has 1 saturated heterocycles. The minimum atomic E-state index is -0.568. The summed E-state index contributed by atoms with van der Waals surface area (Å²) in [6.45, 7) is 6.59. The van der Waals surface area contributed by atoms with Crippen LogP contribution in [0, 0.1) is 0 Å². The Morgan fingerprint density at radius 2 is 1.43 bits per heavy atom. The number of hydrogen-bond donors (Lipinski definition) is 0. The van der Waals surface area contributed by atoms with Crippen LogP contribution in [0.25, 0.3) is 0 Å². The predicted molar refractivity (Wildman–Crippen MR) is 91.2 cm³/mol. The first-order valence-corrected chi connectivity index (χ1v) is 9.41. The molecule has 0 spiro atoms. The Balaban J connectivity index is 2.13. The lowest BCUT2D eigenvalue weighted by atomic mass is 9.97. The largest absolute Gasteiger partial charge is 0.347 e. The van der Waals surface area contributed by atoms with Crippen LogP contribution in [0.15, 0.2) is 0 Å². The topological polar surface area (TPSA) is 18.5 Å². The van der Waals surface area contributed by atoms with Gasteiger partial charge in [-0.3, -0.25) is 0 Å². The molecule has 0 bridgehead atoms. The molecule has 0 aromatic rings. The highest BCUT2D eigenvalue weighted by molar-refractivity contribution is 6.45. The molecular weight excluding hydrogens is 307 g/mol. The third kappa shape index (κ3) is 7.07. The summed E-state index contributed by atoms with van der Waals surface area (Å²) in [4.78, 5) is -0.534. The van der Waals surface area contributed by atoms with Gasteiger partial charge in [0.05, 0.1) is 6.61 Å². The minimum absolute atomic E-state index is 0.495. The number of unbranched alkanes of at least 4 members (excludes halogenated alkanes) is 8. The van der Waals surface area contributed by atoms with Gasteiger partial charge < -0.3 is 9.47 Å². The maximum Gasteiger partial charge on any atom is 0.163 e. The number of rotatable bonds is 11. The van der Waals surface area contributed by atoms with Gasteiger partial charge in [0.25, 0.3) is 0 Å². The molecule has 0 radical (unpaired) electrons. The van der Waals surface area contributed by atoms with E-state index in [1.807, 2.05) is 13.8 Å². The number of hydrogen-bond acceptors (Lipinski definition) is 2. The molecule has 0 aromatic carbocycles. The maximum atomic E-state index is 6.14. The molecule has 1 fully saturated rings. The van der Waals surface area contributed by atoms with Crippen molar-refractivity contribution in [3.63, 3.8) is 0 Å². The summed E-state index contributed by atoms with van der Waals surface area (Å²) in [7, 11) is 0. The van der Waals surface area contributed by atoms with E-state index in [9.17, 15) is 0 Å². The summed E-state index contributed by atoms with van der Waals surface area (Å²) in [5, 5.41) is 0. The van der Waals surface area contributed by atoms with Gasteiger partial charge in [-0.15, -0.1) is 23.2 Å². The van der Waals surface area contributed by atoms with Crippen molar-refractivity contribution in [3.05, 3.63) is 0 Å². The maximum absolute atomic E-state index is 6.14. The lowest BCUT2D eigenvalue weighted by molar-refractivity contribution is -0.159. The zero-order valence-electron chi connectivity index (χ0n) is 13.9. The quantitative estimate of drug-likeness (QED) is 0.328. The van der Waals surface area contributed by atoms with Gasteiger partial charge in [0, 0.05) is 0 Å². The minimum Gasteiger partial charge on any atom is -0.347 e. The van der Waals surface area contributed by atoms with E-state index in [2.05, 4.69) is 6.92 Å². The number of alkyl halides is 2. The molecule has 4 heteroatoms. The highest BCUT2D eigenvalue weighted by Gasteiger charge is 2.49. The van der Waals surface area contributed by atoms with Crippen molar-refractivity contribution in [3.8, 4) is 0 Å². The Hall–Kier alpha value is 0.500. The van der Waals surface area contributed by atoms with Gasteiger partial charge in [-0.1, -0.05) is 64.7 Å². The molecule has 1 rings (SSSR count). The average Bonchev–Trinajstić information content (AvgIpc) is 2.74. The molecule has 0 N–H and O–H groups in total. The van der Waals surface area contributed by atoms with Crippen LogP contribution in [0.5, 0.6) is 0 Å². The highest BCUT2D eigenvalue weighted by Crippen LogP contribution is 2.40. The molecule has 0 amide bonds. The molecule has 1 atom stereocenters. The van der Waals surface area contributed by atoms with Gasteiger partial charge >= 0.3 is 0 Å².